The summed E-state index contributed by atoms with van der Waals surface area (Å²) in [6.45, 7) is 1.42. The van der Waals surface area contributed by atoms with Crippen molar-refractivity contribution in [1.82, 2.24) is 20.4 Å². The van der Waals surface area contributed by atoms with Crippen LogP contribution in [0.15, 0.2) is 0 Å². The summed E-state index contributed by atoms with van der Waals surface area (Å²) in [6.07, 6.45) is 0. The molecule has 0 unspecified atom stereocenters. The largest absolute Gasteiger partial charge is 0.369 e. The Hall–Kier alpha value is 0.0434. The zero-order valence-corrected chi connectivity index (χ0v) is 18.9. The molecule has 0 saturated heterocycles. The smallest absolute Gasteiger partial charge is 0.130 e. The Morgan fingerprint density at radius 3 is 1.38 bits per heavy atom. The van der Waals surface area contributed by atoms with E-state index in [0.29, 0.717) is 21.7 Å². The molecule has 0 aromatic carbocycles. The van der Waals surface area contributed by atoms with Crippen molar-refractivity contribution >= 4 is 67.3 Å². The minimum atomic E-state index is -1.69. The van der Waals surface area contributed by atoms with Crippen molar-refractivity contribution < 1.29 is 26.7 Å². The number of amides is 2. The summed E-state index contributed by atoms with van der Waals surface area (Å²) in [7, 11) is 6.71. The standard InChI is InChI=1S/C4H8N2S4.2C3H6NO.Zn/c7-3(8)5-1-2-6-4(9)10;2*1-4(2)3-5;/h1-2H2,(H2,5,7,8)(H2,6,9,10);2*1-2H3;. The van der Waals surface area contributed by atoms with Crippen LogP contribution in [0.3, 0.4) is 0 Å². The summed E-state index contributed by atoms with van der Waals surface area (Å²) in [6, 6.07) is 0. The van der Waals surface area contributed by atoms with Crippen molar-refractivity contribution in [2.45, 2.75) is 0 Å². The monoisotopic (exact) mass is 420 g/mol. The predicted molar refractivity (Wildman–Crippen MR) is 97.3 cm³/mol. The summed E-state index contributed by atoms with van der Waals surface area (Å²) in [4.78, 5) is 25.0. The molecule has 0 atom stereocenters. The van der Waals surface area contributed by atoms with Crippen molar-refractivity contribution in [3.63, 3.8) is 0 Å². The normalized spacial score (nSPS) is 8.48. The van der Waals surface area contributed by atoms with E-state index in [4.69, 9.17) is 0 Å². The first-order valence-corrected chi connectivity index (χ1v) is 10.6. The van der Waals surface area contributed by atoms with Crippen LogP contribution >= 0.6 is 49.7 Å². The van der Waals surface area contributed by atoms with E-state index in [1.165, 1.54) is 9.80 Å². The van der Waals surface area contributed by atoms with E-state index in [0.717, 1.165) is 0 Å². The maximum atomic E-state index is 11.0. The van der Waals surface area contributed by atoms with Crippen LogP contribution in [-0.2, 0) is 17.1 Å². The molecule has 0 aliphatic rings. The molecular formula is C10H20N4O2S4Zn. The molecule has 2 amide bonds. The Morgan fingerprint density at radius 1 is 0.905 bits per heavy atom. The van der Waals surface area contributed by atoms with Gasteiger partial charge in [-0.05, 0) is 0 Å². The van der Waals surface area contributed by atoms with Crippen molar-refractivity contribution in [1.29, 1.82) is 0 Å². The second-order valence-electron chi connectivity index (χ2n) is 4.22. The topological polar surface area (TPSA) is 64.7 Å². The fourth-order valence-corrected chi connectivity index (χ4v) is 3.08. The third-order valence-corrected chi connectivity index (χ3v) is 6.51. The van der Waals surface area contributed by atoms with Gasteiger partial charge in [0.15, 0.2) is 0 Å². The summed E-state index contributed by atoms with van der Waals surface area (Å²) in [5.74, 6) is 0. The maximum absolute atomic E-state index is 11.0. The maximum Gasteiger partial charge on any atom is 0.130 e. The summed E-state index contributed by atoms with van der Waals surface area (Å²) < 4.78 is 1.03. The Balaban J connectivity index is 0. The molecule has 0 aliphatic heterocycles. The molecule has 0 saturated carbocycles. The number of carbonyl (C=O) groups is 2. The van der Waals surface area contributed by atoms with Gasteiger partial charge >= 0.3 is 73.7 Å². The molecule has 0 aromatic heterocycles. The summed E-state index contributed by atoms with van der Waals surface area (Å²) in [5, 5.41) is 5.68. The van der Waals surface area contributed by atoms with E-state index >= 15 is 0 Å². The van der Waals surface area contributed by atoms with Crippen LogP contribution in [0.5, 0.6) is 0 Å². The van der Waals surface area contributed by atoms with Crippen LogP contribution < -0.4 is 10.6 Å². The number of carbonyl (C=O) groups excluding carboxylic acids is 2. The number of rotatable bonds is 5. The molecule has 0 aliphatic carbocycles. The zero-order chi connectivity index (χ0) is 17.0. The third-order valence-electron chi connectivity index (χ3n) is 1.98. The van der Waals surface area contributed by atoms with Gasteiger partial charge in [-0.1, -0.05) is 24.4 Å². The van der Waals surface area contributed by atoms with E-state index in [1.807, 2.05) is 0 Å². The second-order valence-corrected chi connectivity index (χ2v) is 9.81. The van der Waals surface area contributed by atoms with E-state index in [-0.39, 0.29) is 9.00 Å². The number of thiol groups is 2. The number of nitrogens with zero attached hydrogens (tertiary/aromatic N) is 2. The van der Waals surface area contributed by atoms with Crippen LogP contribution in [-0.4, -0.2) is 68.7 Å². The van der Waals surface area contributed by atoms with E-state index < -0.39 is 17.1 Å². The molecule has 0 rings (SSSR count). The van der Waals surface area contributed by atoms with Crippen LogP contribution in [0, 0.1) is 0 Å². The van der Waals surface area contributed by atoms with Crippen molar-refractivity contribution in [3.05, 3.63) is 0 Å². The quantitative estimate of drug-likeness (QED) is 0.230. The molecule has 0 bridgehead atoms. The van der Waals surface area contributed by atoms with Crippen LogP contribution in [0.2, 0.25) is 0 Å². The van der Waals surface area contributed by atoms with Crippen molar-refractivity contribution in [2.75, 3.05) is 41.3 Å². The molecule has 6 nitrogen and oxygen atoms in total. The molecule has 0 spiro atoms. The van der Waals surface area contributed by atoms with Crippen LogP contribution in [0.25, 0.3) is 0 Å². The number of hydrogen-bond acceptors (Lipinski definition) is 4. The average Bonchev–Trinajstić information content (AvgIpc) is 2.34. The fraction of sp³-hybridized carbons (Fsp3) is 0.600. The molecule has 0 fully saturated rings. The SMILES string of the molecule is CN(C)[C](=O)[Zn][C](=O)N(C)C.S=C(S)NCCNC(=S)S. The number of thiocarbonyl (C=S) groups is 2. The second kappa shape index (κ2) is 13.7. The first kappa shape index (κ1) is 23.3. The van der Waals surface area contributed by atoms with Gasteiger partial charge in [0.25, 0.3) is 0 Å². The molecule has 0 heterocycles. The van der Waals surface area contributed by atoms with Gasteiger partial charge in [0, 0.05) is 13.1 Å². The van der Waals surface area contributed by atoms with Crippen LogP contribution in [0.4, 0.5) is 9.59 Å². The van der Waals surface area contributed by atoms with Gasteiger partial charge in [0.2, 0.25) is 0 Å². The molecule has 0 aromatic rings. The molecule has 11 heteroatoms. The van der Waals surface area contributed by atoms with Gasteiger partial charge in [0.05, 0.1) is 0 Å². The van der Waals surface area contributed by atoms with E-state index in [2.05, 4.69) is 60.3 Å². The summed E-state index contributed by atoms with van der Waals surface area (Å²) in [5.41, 5.74) is 0. The van der Waals surface area contributed by atoms with Crippen molar-refractivity contribution in [2.24, 2.45) is 0 Å². The number of nitrogens with one attached hydrogen (secondary N) is 2. The first-order valence-electron chi connectivity index (χ1n) is 5.91. The molecule has 21 heavy (non-hydrogen) atoms. The van der Waals surface area contributed by atoms with Gasteiger partial charge in [-0.15, -0.1) is 25.3 Å². The van der Waals surface area contributed by atoms with Crippen LogP contribution in [0.1, 0.15) is 0 Å². The van der Waals surface area contributed by atoms with Gasteiger partial charge < -0.3 is 10.6 Å². The summed E-state index contributed by atoms with van der Waals surface area (Å²) >= 11 is 15.3. The fourth-order valence-electron chi connectivity index (χ4n) is 0.784. The van der Waals surface area contributed by atoms with Crippen molar-refractivity contribution in [3.8, 4) is 0 Å². The van der Waals surface area contributed by atoms with Gasteiger partial charge in [-0.25, -0.2) is 0 Å². The minimum absolute atomic E-state index is 0.0243. The van der Waals surface area contributed by atoms with Gasteiger partial charge in [-0.3, -0.25) is 0 Å². The average molecular weight is 422 g/mol. The Bertz CT molecular complexity index is 346. The van der Waals surface area contributed by atoms with E-state index in [1.54, 1.807) is 28.2 Å². The molecular weight excluding hydrogens is 402 g/mol. The third kappa shape index (κ3) is 18.0. The van der Waals surface area contributed by atoms with Gasteiger partial charge in [-0.2, -0.15) is 0 Å². The molecule has 2 N–H and O–H groups in total. The van der Waals surface area contributed by atoms with Gasteiger partial charge in [0.1, 0.15) is 8.64 Å². The van der Waals surface area contributed by atoms with E-state index in [9.17, 15) is 9.59 Å². The Labute approximate surface area is 155 Å². The zero-order valence-electron chi connectivity index (χ0n) is 12.5. The first-order chi connectivity index (χ1) is 9.57. The number of hydrogen-bond donors (Lipinski definition) is 4. The minimum Gasteiger partial charge on any atom is -0.369 e. The predicted octanol–water partition coefficient (Wildman–Crippen LogP) is 1.03. The Morgan fingerprint density at radius 2 is 1.19 bits per heavy atom. The molecule has 118 valence electrons. The Kier molecular flexibility index (Phi) is 15.2. The molecule has 0 radical (unpaired) electrons.